The van der Waals surface area contributed by atoms with Crippen molar-refractivity contribution in [3.05, 3.63) is 42.0 Å². The van der Waals surface area contributed by atoms with Crippen LogP contribution in [-0.4, -0.2) is 28.5 Å². The Bertz CT molecular complexity index is 620. The summed E-state index contributed by atoms with van der Waals surface area (Å²) in [5.74, 6) is 0.892. The zero-order chi connectivity index (χ0) is 15.2. The molecule has 0 fully saturated rings. The van der Waals surface area contributed by atoms with Crippen LogP contribution in [-0.2, 0) is 13.5 Å². The molecule has 0 saturated heterocycles. The Balaban J connectivity index is 2.06. The number of nitrogens with zero attached hydrogens (tertiary/aromatic N) is 2. The second kappa shape index (κ2) is 6.78. The summed E-state index contributed by atoms with van der Waals surface area (Å²) in [6, 6.07) is 5.25. The highest BCUT2D eigenvalue weighted by atomic mass is 16.1. The highest BCUT2D eigenvalue weighted by Gasteiger charge is 2.11. The number of nitrogens with two attached hydrogens (primary N) is 1. The van der Waals surface area contributed by atoms with Crippen LogP contribution in [0.3, 0.4) is 0 Å². The quantitative estimate of drug-likeness (QED) is 0.701. The van der Waals surface area contributed by atoms with Crippen molar-refractivity contribution in [2.24, 2.45) is 7.05 Å². The fraction of sp³-hybridized carbons (Fsp3) is 0.333. The summed E-state index contributed by atoms with van der Waals surface area (Å²) in [7, 11) is 1.96. The smallest absolute Gasteiger partial charge is 0.253 e. The standard InChI is InChI=1S/C15H21N5O/c1-3-17-15(21)12-5-4-11(16)10-13(12)18-7-6-14-19-8-9-20(14)2/h4-5,8-10,18H,3,6-7,16H2,1-2H3,(H,17,21). The number of nitrogens with one attached hydrogen (secondary N) is 2. The van der Waals surface area contributed by atoms with Crippen molar-refractivity contribution in [2.45, 2.75) is 13.3 Å². The van der Waals surface area contributed by atoms with Crippen molar-refractivity contribution in [2.75, 3.05) is 24.1 Å². The van der Waals surface area contributed by atoms with E-state index in [4.69, 9.17) is 5.73 Å². The molecular formula is C15H21N5O. The summed E-state index contributed by atoms with van der Waals surface area (Å²) >= 11 is 0. The third kappa shape index (κ3) is 3.75. The fourth-order valence-corrected chi connectivity index (χ4v) is 2.11. The van der Waals surface area contributed by atoms with Gasteiger partial charge in [0, 0.05) is 50.3 Å². The normalized spacial score (nSPS) is 10.4. The number of aryl methyl sites for hydroxylation is 1. The van der Waals surface area contributed by atoms with E-state index in [0.29, 0.717) is 24.3 Å². The van der Waals surface area contributed by atoms with Crippen LogP contribution in [0.25, 0.3) is 0 Å². The van der Waals surface area contributed by atoms with Gasteiger partial charge in [0.2, 0.25) is 0 Å². The second-order valence-electron chi connectivity index (χ2n) is 4.80. The van der Waals surface area contributed by atoms with E-state index >= 15 is 0 Å². The zero-order valence-electron chi connectivity index (χ0n) is 12.4. The average Bonchev–Trinajstić information content (AvgIpc) is 2.85. The minimum absolute atomic E-state index is 0.100. The molecule has 0 radical (unpaired) electrons. The van der Waals surface area contributed by atoms with Gasteiger partial charge in [-0.3, -0.25) is 4.79 Å². The Kier molecular flexibility index (Phi) is 4.81. The van der Waals surface area contributed by atoms with Gasteiger partial charge in [0.15, 0.2) is 0 Å². The molecule has 1 aromatic carbocycles. The predicted octanol–water partition coefficient (Wildman–Crippen LogP) is 1.41. The van der Waals surface area contributed by atoms with Gasteiger partial charge < -0.3 is 20.9 Å². The first-order chi connectivity index (χ1) is 10.1. The lowest BCUT2D eigenvalue weighted by Crippen LogP contribution is -2.24. The van der Waals surface area contributed by atoms with Crippen LogP contribution in [0, 0.1) is 0 Å². The number of carbonyl (C=O) groups is 1. The summed E-state index contributed by atoms with van der Waals surface area (Å²) in [6.45, 7) is 3.17. The maximum absolute atomic E-state index is 12.0. The van der Waals surface area contributed by atoms with Gasteiger partial charge in [-0.2, -0.15) is 0 Å². The topological polar surface area (TPSA) is 85.0 Å². The highest BCUT2D eigenvalue weighted by molar-refractivity contribution is 6.00. The van der Waals surface area contributed by atoms with Crippen molar-refractivity contribution >= 4 is 17.3 Å². The van der Waals surface area contributed by atoms with Crippen molar-refractivity contribution in [3.63, 3.8) is 0 Å². The Morgan fingerprint density at radius 1 is 1.43 bits per heavy atom. The van der Waals surface area contributed by atoms with Crippen LogP contribution >= 0.6 is 0 Å². The number of anilines is 2. The lowest BCUT2D eigenvalue weighted by Gasteiger charge is -2.12. The molecule has 0 unspecified atom stereocenters. The van der Waals surface area contributed by atoms with Gasteiger partial charge in [-0.25, -0.2) is 4.98 Å². The van der Waals surface area contributed by atoms with E-state index in [1.807, 2.05) is 24.7 Å². The monoisotopic (exact) mass is 287 g/mol. The molecule has 1 aromatic heterocycles. The molecule has 0 bridgehead atoms. The van der Waals surface area contributed by atoms with Crippen LogP contribution in [0.2, 0.25) is 0 Å². The largest absolute Gasteiger partial charge is 0.399 e. The fourth-order valence-electron chi connectivity index (χ4n) is 2.11. The Labute approximate surface area is 124 Å². The average molecular weight is 287 g/mol. The Morgan fingerprint density at radius 2 is 2.24 bits per heavy atom. The van der Waals surface area contributed by atoms with E-state index in [0.717, 1.165) is 17.9 Å². The molecule has 0 aliphatic heterocycles. The lowest BCUT2D eigenvalue weighted by atomic mass is 10.1. The first-order valence-electron chi connectivity index (χ1n) is 6.99. The number of amides is 1. The predicted molar refractivity (Wildman–Crippen MR) is 84.3 cm³/mol. The first-order valence-corrected chi connectivity index (χ1v) is 6.99. The lowest BCUT2D eigenvalue weighted by molar-refractivity contribution is 0.0956. The summed E-state index contributed by atoms with van der Waals surface area (Å²) in [6.07, 6.45) is 4.46. The van der Waals surface area contributed by atoms with Crippen LogP contribution in [0.4, 0.5) is 11.4 Å². The van der Waals surface area contributed by atoms with Gasteiger partial charge in [0.25, 0.3) is 5.91 Å². The SMILES string of the molecule is CCNC(=O)c1ccc(N)cc1NCCc1nccn1C. The second-order valence-corrected chi connectivity index (χ2v) is 4.80. The number of rotatable bonds is 6. The molecule has 6 nitrogen and oxygen atoms in total. The Hall–Kier alpha value is -2.50. The summed E-state index contributed by atoms with van der Waals surface area (Å²) in [5.41, 5.74) is 7.78. The summed E-state index contributed by atoms with van der Waals surface area (Å²) < 4.78 is 1.98. The van der Waals surface area contributed by atoms with Gasteiger partial charge in [-0.1, -0.05) is 0 Å². The molecule has 112 valence electrons. The number of hydrogen-bond acceptors (Lipinski definition) is 4. The molecule has 1 amide bonds. The van der Waals surface area contributed by atoms with Gasteiger partial charge in [0.05, 0.1) is 5.56 Å². The number of carbonyl (C=O) groups excluding carboxylic acids is 1. The highest BCUT2D eigenvalue weighted by Crippen LogP contribution is 2.19. The first kappa shape index (κ1) is 14.9. The molecule has 1 heterocycles. The Morgan fingerprint density at radius 3 is 2.90 bits per heavy atom. The number of benzene rings is 1. The number of nitrogen functional groups attached to an aromatic ring is 1. The zero-order valence-corrected chi connectivity index (χ0v) is 12.4. The van der Waals surface area contributed by atoms with E-state index in [9.17, 15) is 4.79 Å². The third-order valence-electron chi connectivity index (χ3n) is 3.21. The van der Waals surface area contributed by atoms with Gasteiger partial charge in [-0.05, 0) is 25.1 Å². The summed E-state index contributed by atoms with van der Waals surface area (Å²) in [4.78, 5) is 16.3. The van der Waals surface area contributed by atoms with E-state index in [-0.39, 0.29) is 5.91 Å². The maximum atomic E-state index is 12.0. The van der Waals surface area contributed by atoms with Crippen LogP contribution in [0.5, 0.6) is 0 Å². The molecule has 2 aromatic rings. The van der Waals surface area contributed by atoms with Crippen LogP contribution < -0.4 is 16.4 Å². The van der Waals surface area contributed by atoms with E-state index < -0.39 is 0 Å². The van der Waals surface area contributed by atoms with Crippen LogP contribution in [0.1, 0.15) is 23.1 Å². The summed E-state index contributed by atoms with van der Waals surface area (Å²) in [5, 5.41) is 6.06. The minimum Gasteiger partial charge on any atom is -0.399 e. The van der Waals surface area contributed by atoms with Gasteiger partial charge in [-0.15, -0.1) is 0 Å². The van der Waals surface area contributed by atoms with Crippen molar-refractivity contribution < 1.29 is 4.79 Å². The molecule has 0 saturated carbocycles. The number of hydrogen-bond donors (Lipinski definition) is 3. The van der Waals surface area contributed by atoms with Crippen molar-refractivity contribution in [3.8, 4) is 0 Å². The molecular weight excluding hydrogens is 266 g/mol. The number of aromatic nitrogens is 2. The molecule has 2 rings (SSSR count). The van der Waals surface area contributed by atoms with Gasteiger partial charge >= 0.3 is 0 Å². The van der Waals surface area contributed by atoms with Crippen LogP contribution in [0.15, 0.2) is 30.6 Å². The molecule has 0 spiro atoms. The molecule has 0 aliphatic rings. The van der Waals surface area contributed by atoms with Gasteiger partial charge in [0.1, 0.15) is 5.82 Å². The van der Waals surface area contributed by atoms with E-state index in [1.165, 1.54) is 0 Å². The minimum atomic E-state index is -0.100. The number of imidazole rings is 1. The molecule has 21 heavy (non-hydrogen) atoms. The van der Waals surface area contributed by atoms with Crippen molar-refractivity contribution in [1.29, 1.82) is 0 Å². The van der Waals surface area contributed by atoms with E-state index in [2.05, 4.69) is 15.6 Å². The molecule has 0 aliphatic carbocycles. The molecule has 4 N–H and O–H groups in total. The van der Waals surface area contributed by atoms with E-state index in [1.54, 1.807) is 24.4 Å². The maximum Gasteiger partial charge on any atom is 0.253 e. The molecule has 0 atom stereocenters. The van der Waals surface area contributed by atoms with Crippen molar-refractivity contribution in [1.82, 2.24) is 14.9 Å². The molecule has 6 heteroatoms. The third-order valence-corrected chi connectivity index (χ3v) is 3.21.